The molecule has 9 heavy (non-hydrogen) atoms. The second-order valence-electron chi connectivity index (χ2n) is 1.65. The molecule has 0 bridgehead atoms. The van der Waals surface area contributed by atoms with Crippen molar-refractivity contribution in [3.8, 4) is 0 Å². The minimum atomic E-state index is 0. The smallest absolute Gasteiger partial charge is 0.0398 e. The lowest BCUT2D eigenvalue weighted by atomic mass is 10.2. The summed E-state index contributed by atoms with van der Waals surface area (Å²) in [5, 5.41) is 0. The average Bonchev–Trinajstić information content (AvgIpc) is 1.69. The third-order valence-corrected chi connectivity index (χ3v) is 0.940. The first kappa shape index (κ1) is 11.6. The van der Waals surface area contributed by atoms with Gasteiger partial charge < -0.3 is 0 Å². The van der Waals surface area contributed by atoms with Crippen LogP contribution in [0.2, 0.25) is 0 Å². The van der Waals surface area contributed by atoms with E-state index in [1.807, 2.05) is 18.2 Å². The van der Waals surface area contributed by atoms with Crippen molar-refractivity contribution in [2.24, 2.45) is 0 Å². The van der Waals surface area contributed by atoms with Gasteiger partial charge >= 0.3 is 0 Å². The van der Waals surface area contributed by atoms with E-state index in [2.05, 4.69) is 19.1 Å². The molecule has 0 heterocycles. The maximum absolute atomic E-state index is 2.08. The van der Waals surface area contributed by atoms with E-state index < -0.39 is 0 Å². The summed E-state index contributed by atoms with van der Waals surface area (Å²) in [7, 11) is 0. The van der Waals surface area contributed by atoms with E-state index in [1.54, 1.807) is 0 Å². The molecule has 0 aliphatic heterocycles. The van der Waals surface area contributed by atoms with Crippen LogP contribution in [0.5, 0.6) is 0 Å². The third-order valence-electron chi connectivity index (χ3n) is 0.940. The standard InChI is InChI=1S/C7H8.ClH.H2S/c1-7-5-3-2-4-6-7;;/h2-6H,1H3;1H;1H2. The van der Waals surface area contributed by atoms with Crippen molar-refractivity contribution in [2.75, 3.05) is 0 Å². The Morgan fingerprint density at radius 1 is 1.00 bits per heavy atom. The van der Waals surface area contributed by atoms with E-state index in [4.69, 9.17) is 0 Å². The lowest BCUT2D eigenvalue weighted by molar-refractivity contribution is 1.48. The van der Waals surface area contributed by atoms with Gasteiger partial charge in [-0.05, 0) is 6.92 Å². The van der Waals surface area contributed by atoms with E-state index >= 15 is 0 Å². The summed E-state index contributed by atoms with van der Waals surface area (Å²) in [4.78, 5) is 0. The Balaban J connectivity index is 0. The number of aryl methyl sites for hydroxylation is 1. The minimum absolute atomic E-state index is 0. The van der Waals surface area contributed by atoms with Gasteiger partial charge in [0.2, 0.25) is 0 Å². The van der Waals surface area contributed by atoms with Crippen molar-refractivity contribution in [2.45, 2.75) is 6.92 Å². The Morgan fingerprint density at radius 3 is 1.67 bits per heavy atom. The Morgan fingerprint density at radius 2 is 1.44 bits per heavy atom. The Labute approximate surface area is 69.1 Å². The maximum Gasteiger partial charge on any atom is -0.0398 e. The molecule has 1 aromatic rings. The monoisotopic (exact) mass is 162 g/mol. The van der Waals surface area contributed by atoms with Crippen LogP contribution in [-0.4, -0.2) is 0 Å². The zero-order valence-electron chi connectivity index (χ0n) is 5.29. The number of benzene rings is 1. The molecule has 0 aromatic heterocycles. The summed E-state index contributed by atoms with van der Waals surface area (Å²) < 4.78 is 0. The van der Waals surface area contributed by atoms with Crippen molar-refractivity contribution in [3.05, 3.63) is 35.9 Å². The molecule has 0 saturated carbocycles. The van der Waals surface area contributed by atoms with Crippen LogP contribution in [0.25, 0.3) is 0 Å². The van der Waals surface area contributed by atoms with Gasteiger partial charge in [-0.25, -0.2) is 0 Å². The lowest BCUT2D eigenvalue weighted by Gasteiger charge is -1.82. The van der Waals surface area contributed by atoms with Gasteiger partial charge in [0.25, 0.3) is 0 Å². The van der Waals surface area contributed by atoms with Crippen LogP contribution >= 0.6 is 25.9 Å². The first-order valence-corrected chi connectivity index (χ1v) is 2.41. The molecule has 0 aliphatic carbocycles. The van der Waals surface area contributed by atoms with E-state index in [1.165, 1.54) is 5.56 Å². The van der Waals surface area contributed by atoms with Crippen molar-refractivity contribution in [3.63, 3.8) is 0 Å². The highest BCUT2D eigenvalue weighted by molar-refractivity contribution is 7.59. The largest absolute Gasteiger partial charge is 0.197 e. The summed E-state index contributed by atoms with van der Waals surface area (Å²) >= 11 is 0. The molecular formula is C7H11ClS. The van der Waals surface area contributed by atoms with Gasteiger partial charge in [0.15, 0.2) is 0 Å². The number of halogens is 1. The van der Waals surface area contributed by atoms with Crippen LogP contribution in [0, 0.1) is 6.92 Å². The molecule has 0 nitrogen and oxygen atoms in total. The average molecular weight is 163 g/mol. The highest BCUT2D eigenvalue weighted by Gasteiger charge is 1.72. The second-order valence-corrected chi connectivity index (χ2v) is 1.65. The van der Waals surface area contributed by atoms with Crippen LogP contribution in [-0.2, 0) is 0 Å². The molecule has 0 aliphatic rings. The van der Waals surface area contributed by atoms with Crippen molar-refractivity contribution < 1.29 is 0 Å². The summed E-state index contributed by atoms with van der Waals surface area (Å²) in [5.74, 6) is 0. The van der Waals surface area contributed by atoms with E-state index in [0.29, 0.717) is 0 Å². The highest BCUT2D eigenvalue weighted by Crippen LogP contribution is 1.92. The Kier molecular flexibility index (Phi) is 7.74. The van der Waals surface area contributed by atoms with Gasteiger partial charge in [-0.2, -0.15) is 13.5 Å². The van der Waals surface area contributed by atoms with Crippen LogP contribution in [0.1, 0.15) is 5.56 Å². The van der Waals surface area contributed by atoms with Crippen molar-refractivity contribution >= 4 is 25.9 Å². The van der Waals surface area contributed by atoms with Crippen LogP contribution < -0.4 is 0 Å². The molecule has 0 radical (unpaired) electrons. The van der Waals surface area contributed by atoms with Gasteiger partial charge in [-0.1, -0.05) is 35.9 Å². The van der Waals surface area contributed by atoms with E-state index in [9.17, 15) is 0 Å². The van der Waals surface area contributed by atoms with E-state index in [-0.39, 0.29) is 25.9 Å². The molecule has 0 spiro atoms. The molecule has 52 valence electrons. The number of hydrogen-bond acceptors (Lipinski definition) is 0. The molecule has 0 N–H and O–H groups in total. The lowest BCUT2D eigenvalue weighted by Crippen LogP contribution is -1.62. The fourth-order valence-electron chi connectivity index (χ4n) is 0.534. The molecule has 0 fully saturated rings. The summed E-state index contributed by atoms with van der Waals surface area (Å²) in [6.07, 6.45) is 0. The zero-order valence-corrected chi connectivity index (χ0v) is 7.11. The Hall–Kier alpha value is -0.140. The van der Waals surface area contributed by atoms with E-state index in [0.717, 1.165) is 0 Å². The van der Waals surface area contributed by atoms with Crippen molar-refractivity contribution in [1.82, 2.24) is 0 Å². The van der Waals surface area contributed by atoms with Gasteiger partial charge in [-0.3, -0.25) is 0 Å². The molecule has 2 heteroatoms. The first-order valence-electron chi connectivity index (χ1n) is 2.41. The van der Waals surface area contributed by atoms with Crippen LogP contribution in [0.3, 0.4) is 0 Å². The van der Waals surface area contributed by atoms with Gasteiger partial charge in [-0.15, -0.1) is 12.4 Å². The van der Waals surface area contributed by atoms with Crippen LogP contribution in [0.4, 0.5) is 0 Å². The number of rotatable bonds is 0. The maximum atomic E-state index is 2.08. The van der Waals surface area contributed by atoms with Gasteiger partial charge in [0, 0.05) is 0 Å². The fourth-order valence-corrected chi connectivity index (χ4v) is 0.534. The minimum Gasteiger partial charge on any atom is -0.197 e. The summed E-state index contributed by atoms with van der Waals surface area (Å²) in [6, 6.07) is 10.3. The SMILES string of the molecule is Cc1ccccc1.Cl.S. The molecule has 1 aromatic carbocycles. The predicted molar refractivity (Wildman–Crippen MR) is 48.8 cm³/mol. The second kappa shape index (κ2) is 5.99. The molecule has 1 rings (SSSR count). The third kappa shape index (κ3) is 4.37. The Bertz CT molecular complexity index is 139. The molecular weight excluding hydrogens is 152 g/mol. The number of hydrogen-bond donors (Lipinski definition) is 0. The fraction of sp³-hybridized carbons (Fsp3) is 0.143. The quantitative estimate of drug-likeness (QED) is 0.550. The summed E-state index contributed by atoms with van der Waals surface area (Å²) in [5.41, 5.74) is 1.32. The summed E-state index contributed by atoms with van der Waals surface area (Å²) in [6.45, 7) is 2.08. The van der Waals surface area contributed by atoms with Gasteiger partial charge in [0.05, 0.1) is 0 Å². The predicted octanol–water partition coefficient (Wildman–Crippen LogP) is 2.53. The first-order chi connectivity index (χ1) is 3.39. The van der Waals surface area contributed by atoms with Crippen molar-refractivity contribution in [1.29, 1.82) is 0 Å². The molecule has 0 unspecified atom stereocenters. The normalized spacial score (nSPS) is 6.78. The highest BCUT2D eigenvalue weighted by atomic mass is 35.5. The molecule has 0 saturated heterocycles. The zero-order chi connectivity index (χ0) is 5.11. The van der Waals surface area contributed by atoms with Crippen LogP contribution in [0.15, 0.2) is 30.3 Å². The topological polar surface area (TPSA) is 0 Å². The van der Waals surface area contributed by atoms with Gasteiger partial charge in [0.1, 0.15) is 0 Å². The molecule has 0 amide bonds. The molecule has 0 atom stereocenters.